The maximum atomic E-state index is 12.2. The molecule has 0 aliphatic carbocycles. The number of rotatable bonds is 5. The van der Waals surface area contributed by atoms with Crippen LogP contribution in [0, 0.1) is 22.7 Å². The zero-order valence-electron chi connectivity index (χ0n) is 18.6. The maximum Gasteiger partial charge on any atom is 0.269 e. The van der Waals surface area contributed by atoms with E-state index >= 15 is 0 Å². The SMILES string of the molecule is CC1=C(C#N)C(c2ccc3c(c2)c(C(N)=O)nn3CCC2CCCN2C)=C(C#N)C(C)N1. The van der Waals surface area contributed by atoms with Gasteiger partial charge in [-0.15, -0.1) is 0 Å². The van der Waals surface area contributed by atoms with Gasteiger partial charge in [-0.1, -0.05) is 6.07 Å². The molecular weight excluding hydrogens is 402 g/mol. The van der Waals surface area contributed by atoms with Crippen LogP contribution in [-0.4, -0.2) is 46.3 Å². The van der Waals surface area contributed by atoms with Crippen LogP contribution in [0.1, 0.15) is 49.2 Å². The summed E-state index contributed by atoms with van der Waals surface area (Å²) in [7, 11) is 2.14. The molecule has 2 aromatic rings. The Labute approximate surface area is 187 Å². The van der Waals surface area contributed by atoms with Crippen LogP contribution in [0.25, 0.3) is 16.5 Å². The predicted molar refractivity (Wildman–Crippen MR) is 122 cm³/mol. The van der Waals surface area contributed by atoms with Gasteiger partial charge in [-0.2, -0.15) is 15.6 Å². The van der Waals surface area contributed by atoms with E-state index in [1.165, 1.54) is 12.8 Å². The summed E-state index contributed by atoms with van der Waals surface area (Å²) in [6.07, 6.45) is 3.32. The molecule has 8 nitrogen and oxygen atoms in total. The fourth-order valence-corrected chi connectivity index (χ4v) is 4.90. The largest absolute Gasteiger partial charge is 0.380 e. The molecule has 0 saturated carbocycles. The minimum absolute atomic E-state index is 0.210. The first-order valence-corrected chi connectivity index (χ1v) is 10.9. The van der Waals surface area contributed by atoms with Crippen molar-refractivity contribution in [2.24, 2.45) is 5.73 Å². The van der Waals surface area contributed by atoms with E-state index in [2.05, 4.69) is 34.5 Å². The zero-order valence-corrected chi connectivity index (χ0v) is 18.6. The van der Waals surface area contributed by atoms with Gasteiger partial charge in [-0.3, -0.25) is 9.48 Å². The lowest BCUT2D eigenvalue weighted by Gasteiger charge is -2.25. The molecule has 0 radical (unpaired) electrons. The van der Waals surface area contributed by atoms with E-state index in [4.69, 9.17) is 5.73 Å². The summed E-state index contributed by atoms with van der Waals surface area (Å²) in [5, 5.41) is 27.9. The number of dihydropyridines is 1. The molecule has 0 spiro atoms. The van der Waals surface area contributed by atoms with Crippen LogP contribution in [0.15, 0.2) is 35.0 Å². The molecule has 2 aliphatic rings. The molecule has 3 N–H and O–H groups in total. The first kappa shape index (κ1) is 21.6. The third-order valence-electron chi connectivity index (χ3n) is 6.61. The second-order valence-electron chi connectivity index (χ2n) is 8.61. The molecule has 0 bridgehead atoms. The van der Waals surface area contributed by atoms with E-state index in [9.17, 15) is 15.3 Å². The van der Waals surface area contributed by atoms with Crippen LogP contribution in [0.2, 0.25) is 0 Å². The van der Waals surface area contributed by atoms with Crippen LogP contribution < -0.4 is 11.1 Å². The topological polar surface area (TPSA) is 124 Å². The van der Waals surface area contributed by atoms with Crippen molar-refractivity contribution in [2.45, 2.75) is 51.7 Å². The molecule has 2 atom stereocenters. The summed E-state index contributed by atoms with van der Waals surface area (Å²) < 4.78 is 1.85. The van der Waals surface area contributed by atoms with Gasteiger partial charge < -0.3 is 16.0 Å². The van der Waals surface area contributed by atoms with Crippen molar-refractivity contribution in [3.63, 3.8) is 0 Å². The van der Waals surface area contributed by atoms with E-state index < -0.39 is 5.91 Å². The number of benzene rings is 1. The third kappa shape index (κ3) is 3.63. The smallest absolute Gasteiger partial charge is 0.269 e. The number of nitrogens with two attached hydrogens (primary N) is 1. The summed E-state index contributed by atoms with van der Waals surface area (Å²) in [6.45, 7) is 5.52. The van der Waals surface area contributed by atoms with Crippen molar-refractivity contribution in [1.29, 1.82) is 10.5 Å². The Hall–Kier alpha value is -3.62. The van der Waals surface area contributed by atoms with Crippen molar-refractivity contribution >= 4 is 22.4 Å². The summed E-state index contributed by atoms with van der Waals surface area (Å²) in [5.41, 5.74) is 9.62. The summed E-state index contributed by atoms with van der Waals surface area (Å²) in [5.74, 6) is -0.593. The average molecular weight is 430 g/mol. The highest BCUT2D eigenvalue weighted by Crippen LogP contribution is 2.35. The molecular formula is C24H27N7O. The lowest BCUT2D eigenvalue weighted by molar-refractivity contribution is 0.0996. The van der Waals surface area contributed by atoms with E-state index in [1.54, 1.807) is 0 Å². The number of aryl methyl sites for hydroxylation is 1. The summed E-state index contributed by atoms with van der Waals surface area (Å²) >= 11 is 0. The van der Waals surface area contributed by atoms with Gasteiger partial charge in [0, 0.05) is 29.2 Å². The average Bonchev–Trinajstić information content (AvgIpc) is 3.34. The van der Waals surface area contributed by atoms with Gasteiger partial charge in [-0.05, 0) is 64.4 Å². The van der Waals surface area contributed by atoms with Crippen molar-refractivity contribution in [1.82, 2.24) is 20.0 Å². The van der Waals surface area contributed by atoms with Crippen LogP contribution in [0.3, 0.4) is 0 Å². The Balaban J connectivity index is 1.80. The lowest BCUT2D eigenvalue weighted by Crippen LogP contribution is -2.31. The quantitative estimate of drug-likeness (QED) is 0.753. The lowest BCUT2D eigenvalue weighted by atomic mass is 9.86. The Kier molecular flexibility index (Phi) is 5.73. The zero-order chi connectivity index (χ0) is 23.0. The predicted octanol–water partition coefficient (Wildman–Crippen LogP) is 2.69. The number of amides is 1. The van der Waals surface area contributed by atoms with Gasteiger partial charge >= 0.3 is 0 Å². The first-order valence-electron chi connectivity index (χ1n) is 10.9. The van der Waals surface area contributed by atoms with E-state index in [0.29, 0.717) is 40.3 Å². The number of carbonyl (C=O) groups excluding carboxylic acids is 1. The number of carbonyl (C=O) groups is 1. The third-order valence-corrected chi connectivity index (χ3v) is 6.61. The number of hydrogen-bond donors (Lipinski definition) is 2. The number of nitrogens with zero attached hydrogens (tertiary/aromatic N) is 5. The van der Waals surface area contributed by atoms with Crippen molar-refractivity contribution in [2.75, 3.05) is 13.6 Å². The number of nitrogens with one attached hydrogen (secondary N) is 1. The van der Waals surface area contributed by atoms with Crippen LogP contribution in [0.5, 0.6) is 0 Å². The Morgan fingerprint density at radius 3 is 2.75 bits per heavy atom. The van der Waals surface area contributed by atoms with Crippen LogP contribution in [-0.2, 0) is 6.54 Å². The Bertz CT molecular complexity index is 1240. The standard InChI is InChI=1S/C24H27N7O/c1-14-19(12-25)22(20(13-26)15(2)28-14)16-6-7-21-18(11-16)23(24(27)32)29-31(21)10-8-17-5-4-9-30(17)3/h6-7,11,14,17,28H,4-5,8-10H2,1-3H3,(H2,27,32). The Morgan fingerprint density at radius 1 is 1.34 bits per heavy atom. The van der Waals surface area contributed by atoms with Gasteiger partial charge in [0.1, 0.15) is 6.07 Å². The van der Waals surface area contributed by atoms with Gasteiger partial charge in [0.25, 0.3) is 5.91 Å². The number of aromatic nitrogens is 2. The second-order valence-corrected chi connectivity index (χ2v) is 8.61. The monoisotopic (exact) mass is 429 g/mol. The number of nitriles is 2. The minimum Gasteiger partial charge on any atom is -0.380 e. The minimum atomic E-state index is -0.593. The van der Waals surface area contributed by atoms with Crippen molar-refractivity contribution in [3.8, 4) is 12.1 Å². The fraction of sp³-hybridized carbons (Fsp3) is 0.417. The molecule has 8 heteroatoms. The molecule has 3 heterocycles. The van der Waals surface area contributed by atoms with E-state index in [-0.39, 0.29) is 11.7 Å². The highest BCUT2D eigenvalue weighted by molar-refractivity contribution is 6.05. The van der Waals surface area contributed by atoms with Crippen molar-refractivity contribution in [3.05, 3.63) is 46.3 Å². The van der Waals surface area contributed by atoms with Gasteiger partial charge in [0.05, 0.1) is 28.8 Å². The normalized spacial score (nSPS) is 21.5. The highest BCUT2D eigenvalue weighted by atomic mass is 16.1. The number of primary amides is 1. The first-order chi connectivity index (χ1) is 15.3. The van der Waals surface area contributed by atoms with E-state index in [0.717, 1.165) is 24.2 Å². The number of likely N-dealkylation sites (tertiary alicyclic amines) is 1. The molecule has 1 aromatic heterocycles. The van der Waals surface area contributed by atoms with Crippen molar-refractivity contribution < 1.29 is 4.79 Å². The fourth-order valence-electron chi connectivity index (χ4n) is 4.90. The summed E-state index contributed by atoms with van der Waals surface area (Å²) in [4.78, 5) is 14.5. The summed E-state index contributed by atoms with van der Waals surface area (Å²) in [6, 6.07) is 10.4. The maximum absolute atomic E-state index is 12.2. The second kappa shape index (κ2) is 8.49. The number of allylic oxidation sites excluding steroid dienone is 3. The molecule has 164 valence electrons. The Morgan fingerprint density at radius 2 is 2.12 bits per heavy atom. The molecule has 2 aliphatic heterocycles. The molecule has 32 heavy (non-hydrogen) atoms. The molecule has 2 unspecified atom stereocenters. The van der Waals surface area contributed by atoms with Gasteiger partial charge in [0.15, 0.2) is 5.69 Å². The van der Waals surface area contributed by atoms with Crippen LogP contribution in [0.4, 0.5) is 0 Å². The molecule has 4 rings (SSSR count). The molecule has 1 fully saturated rings. The molecule has 1 amide bonds. The highest BCUT2D eigenvalue weighted by Gasteiger charge is 2.27. The number of hydrogen-bond acceptors (Lipinski definition) is 6. The van der Waals surface area contributed by atoms with Gasteiger partial charge in [0.2, 0.25) is 0 Å². The van der Waals surface area contributed by atoms with Gasteiger partial charge in [-0.25, -0.2) is 0 Å². The van der Waals surface area contributed by atoms with Crippen LogP contribution >= 0.6 is 0 Å². The van der Waals surface area contributed by atoms with E-state index in [1.807, 2.05) is 36.7 Å². The molecule has 1 saturated heterocycles. The number of fused-ring (bicyclic) bond motifs is 1. The molecule has 1 aromatic carbocycles.